The van der Waals surface area contributed by atoms with Gasteiger partial charge in [0.1, 0.15) is 0 Å². The van der Waals surface area contributed by atoms with Gasteiger partial charge in [-0.1, -0.05) is 19.0 Å². The highest BCUT2D eigenvalue weighted by Crippen LogP contribution is 2.40. The van der Waals surface area contributed by atoms with Gasteiger partial charge >= 0.3 is 6.18 Å². The van der Waals surface area contributed by atoms with Crippen LogP contribution in [-0.4, -0.2) is 76.6 Å². The molecule has 1 N–H and O–H groups in total. The van der Waals surface area contributed by atoms with E-state index in [1.165, 1.54) is 0 Å². The van der Waals surface area contributed by atoms with Gasteiger partial charge in [-0.2, -0.15) is 18.2 Å². The molecule has 148 valence electrons. The van der Waals surface area contributed by atoms with E-state index >= 15 is 0 Å². The van der Waals surface area contributed by atoms with Crippen LogP contribution in [0.4, 0.5) is 13.2 Å². The third-order valence-corrected chi connectivity index (χ3v) is 5.39. The Balaban J connectivity index is 1.61. The second kappa shape index (κ2) is 7.06. The summed E-state index contributed by atoms with van der Waals surface area (Å²) in [6, 6.07) is 0. The lowest BCUT2D eigenvalue weighted by Gasteiger charge is -2.52. The Morgan fingerprint density at radius 3 is 2.42 bits per heavy atom. The zero-order chi connectivity index (χ0) is 19.0. The number of aliphatic hydroxyl groups is 1. The molecule has 3 rings (SSSR count). The number of alkyl halides is 3. The van der Waals surface area contributed by atoms with Crippen LogP contribution in [0.3, 0.4) is 0 Å². The maximum Gasteiger partial charge on any atom is 0.455 e. The van der Waals surface area contributed by atoms with Gasteiger partial charge in [0.25, 0.3) is 5.82 Å². The molecule has 1 aromatic rings. The third kappa shape index (κ3) is 4.19. The number of β-amino-alcohol motifs (C(OH)–C–C–N with tert-alkyl or cyclic N) is 1. The van der Waals surface area contributed by atoms with Crippen molar-refractivity contribution >= 4 is 0 Å². The SMILES string of the molecule is CC1(C)CN(Cc2nc(C(F)(F)F)no2)CC[C@@]1(O)CN1CCOCC1. The minimum Gasteiger partial charge on any atom is -0.388 e. The van der Waals surface area contributed by atoms with Crippen molar-refractivity contribution in [3.8, 4) is 0 Å². The summed E-state index contributed by atoms with van der Waals surface area (Å²) in [5, 5.41) is 14.2. The van der Waals surface area contributed by atoms with Gasteiger partial charge in [0.15, 0.2) is 0 Å². The normalized spacial score (nSPS) is 28.4. The second-order valence-electron chi connectivity index (χ2n) is 7.77. The van der Waals surface area contributed by atoms with Gasteiger partial charge in [-0.3, -0.25) is 9.80 Å². The molecule has 0 radical (unpaired) electrons. The Morgan fingerprint density at radius 2 is 1.85 bits per heavy atom. The summed E-state index contributed by atoms with van der Waals surface area (Å²) in [5.74, 6) is -1.32. The van der Waals surface area contributed by atoms with E-state index in [-0.39, 0.29) is 12.4 Å². The van der Waals surface area contributed by atoms with Gasteiger partial charge in [0.05, 0.1) is 25.4 Å². The number of likely N-dealkylation sites (tertiary alicyclic amines) is 1. The number of aromatic nitrogens is 2. The first-order chi connectivity index (χ1) is 12.1. The Kier molecular flexibility index (Phi) is 5.31. The lowest BCUT2D eigenvalue weighted by Crippen LogP contribution is -2.62. The monoisotopic (exact) mass is 378 g/mol. The molecule has 0 unspecified atom stereocenters. The molecule has 2 aliphatic rings. The van der Waals surface area contributed by atoms with Crippen LogP contribution < -0.4 is 0 Å². The summed E-state index contributed by atoms with van der Waals surface area (Å²) >= 11 is 0. The highest BCUT2D eigenvalue weighted by molar-refractivity contribution is 5.02. The fraction of sp³-hybridized carbons (Fsp3) is 0.875. The van der Waals surface area contributed by atoms with E-state index in [0.29, 0.717) is 39.3 Å². The molecule has 7 nitrogen and oxygen atoms in total. The largest absolute Gasteiger partial charge is 0.455 e. The Hall–Kier alpha value is -1.23. The van der Waals surface area contributed by atoms with Crippen LogP contribution in [0.1, 0.15) is 32.0 Å². The van der Waals surface area contributed by atoms with Crippen molar-refractivity contribution < 1.29 is 27.5 Å². The molecule has 0 aromatic carbocycles. The lowest BCUT2D eigenvalue weighted by molar-refractivity contribution is -0.146. The van der Waals surface area contributed by atoms with Crippen LogP contribution in [0, 0.1) is 5.41 Å². The quantitative estimate of drug-likeness (QED) is 0.848. The summed E-state index contributed by atoms with van der Waals surface area (Å²) in [4.78, 5) is 7.57. The number of ether oxygens (including phenoxy) is 1. The number of hydrogen-bond donors (Lipinski definition) is 1. The molecule has 0 spiro atoms. The number of halogens is 3. The van der Waals surface area contributed by atoms with Gasteiger partial charge in [-0.05, 0) is 6.42 Å². The Bertz CT molecular complexity index is 616. The molecule has 1 aromatic heterocycles. The molecular formula is C16H25F3N4O3. The maximum atomic E-state index is 12.6. The van der Waals surface area contributed by atoms with E-state index in [4.69, 9.17) is 9.26 Å². The lowest BCUT2D eigenvalue weighted by atomic mass is 9.69. The zero-order valence-electron chi connectivity index (χ0n) is 15.1. The second-order valence-corrected chi connectivity index (χ2v) is 7.77. The average Bonchev–Trinajstić information content (AvgIpc) is 3.01. The number of morpholine rings is 1. The van der Waals surface area contributed by atoms with E-state index in [2.05, 4.69) is 15.0 Å². The summed E-state index contributed by atoms with van der Waals surface area (Å²) in [5.41, 5.74) is -1.30. The van der Waals surface area contributed by atoms with Crippen LogP contribution in [-0.2, 0) is 17.5 Å². The van der Waals surface area contributed by atoms with E-state index < -0.39 is 23.0 Å². The standard InChI is InChI=1S/C16H25F3N4O3/c1-14(2)10-23(9-12-20-13(21-26-12)16(17,18)19)4-3-15(14,24)11-22-5-7-25-8-6-22/h24H,3-11H2,1-2H3/t15-/m1/s1. The van der Waals surface area contributed by atoms with Crippen molar-refractivity contribution in [3.63, 3.8) is 0 Å². The third-order valence-electron chi connectivity index (χ3n) is 5.39. The highest BCUT2D eigenvalue weighted by atomic mass is 19.4. The average molecular weight is 378 g/mol. The molecule has 0 saturated carbocycles. The predicted octanol–water partition coefficient (Wildman–Crippen LogP) is 1.38. The first-order valence-corrected chi connectivity index (χ1v) is 8.74. The van der Waals surface area contributed by atoms with Gasteiger partial charge < -0.3 is 14.4 Å². The van der Waals surface area contributed by atoms with E-state index in [1.54, 1.807) is 0 Å². The van der Waals surface area contributed by atoms with E-state index in [9.17, 15) is 18.3 Å². The van der Waals surface area contributed by atoms with Crippen LogP contribution >= 0.6 is 0 Å². The van der Waals surface area contributed by atoms with Crippen molar-refractivity contribution in [1.29, 1.82) is 0 Å². The smallest absolute Gasteiger partial charge is 0.388 e. The Morgan fingerprint density at radius 1 is 1.15 bits per heavy atom. The minimum absolute atomic E-state index is 0.0632. The number of hydrogen-bond acceptors (Lipinski definition) is 7. The number of piperidine rings is 1. The van der Waals surface area contributed by atoms with Crippen molar-refractivity contribution in [2.45, 2.75) is 38.6 Å². The van der Waals surface area contributed by atoms with Gasteiger partial charge in [-0.25, -0.2) is 0 Å². The zero-order valence-corrected chi connectivity index (χ0v) is 15.1. The van der Waals surface area contributed by atoms with Crippen LogP contribution in [0.2, 0.25) is 0 Å². The molecule has 3 heterocycles. The number of rotatable bonds is 4. The first kappa shape index (κ1) is 19.5. The molecule has 2 aliphatic heterocycles. The van der Waals surface area contributed by atoms with Crippen molar-refractivity contribution in [1.82, 2.24) is 19.9 Å². The fourth-order valence-electron chi connectivity index (χ4n) is 3.65. The van der Waals surface area contributed by atoms with Gasteiger partial charge in [0.2, 0.25) is 5.89 Å². The summed E-state index contributed by atoms with van der Waals surface area (Å²) in [6.45, 7) is 8.67. The van der Waals surface area contributed by atoms with Crippen molar-refractivity contribution in [2.24, 2.45) is 5.41 Å². The molecule has 26 heavy (non-hydrogen) atoms. The molecule has 10 heteroatoms. The first-order valence-electron chi connectivity index (χ1n) is 8.74. The minimum atomic E-state index is -4.61. The summed E-state index contributed by atoms with van der Waals surface area (Å²) < 4.78 is 47.8. The molecule has 0 bridgehead atoms. The van der Waals surface area contributed by atoms with Gasteiger partial charge in [-0.15, -0.1) is 0 Å². The predicted molar refractivity (Wildman–Crippen MR) is 85.2 cm³/mol. The van der Waals surface area contributed by atoms with Crippen molar-refractivity contribution in [3.05, 3.63) is 11.7 Å². The molecule has 2 fully saturated rings. The van der Waals surface area contributed by atoms with E-state index in [0.717, 1.165) is 13.1 Å². The maximum absolute atomic E-state index is 12.6. The Labute approximate surface area is 150 Å². The molecular weight excluding hydrogens is 353 g/mol. The van der Waals surface area contributed by atoms with Crippen molar-refractivity contribution in [2.75, 3.05) is 45.9 Å². The molecule has 0 amide bonds. The summed E-state index contributed by atoms with van der Waals surface area (Å²) in [7, 11) is 0. The molecule has 2 saturated heterocycles. The van der Waals surface area contributed by atoms with Crippen LogP contribution in [0.5, 0.6) is 0 Å². The fourth-order valence-corrected chi connectivity index (χ4v) is 3.65. The van der Waals surface area contributed by atoms with Gasteiger partial charge in [0, 0.05) is 38.1 Å². The topological polar surface area (TPSA) is 74.9 Å². The molecule has 0 aliphatic carbocycles. The summed E-state index contributed by atoms with van der Waals surface area (Å²) in [6.07, 6.45) is -4.08. The van der Waals surface area contributed by atoms with E-state index in [1.807, 2.05) is 18.7 Å². The highest BCUT2D eigenvalue weighted by Gasteiger charge is 2.48. The number of nitrogens with zero attached hydrogens (tertiary/aromatic N) is 4. The van der Waals surface area contributed by atoms with Crippen LogP contribution in [0.25, 0.3) is 0 Å². The van der Waals surface area contributed by atoms with Crippen LogP contribution in [0.15, 0.2) is 4.52 Å². The molecule has 1 atom stereocenters.